The van der Waals surface area contributed by atoms with Crippen LogP contribution in [0, 0.1) is 0 Å². The van der Waals surface area contributed by atoms with Crippen LogP contribution in [0.3, 0.4) is 0 Å². The average molecular weight is 474 g/mol. The molecule has 10 heteroatoms. The highest BCUT2D eigenvalue weighted by atomic mass is 35.5. The molecule has 2 amide bonds. The Bertz CT molecular complexity index is 898. The topological polar surface area (TPSA) is 62.8 Å². The SMILES string of the molecule is COc1cccc([C@@H](C)NCC2COCCN2C(=O)Nc2cccc(C(F)(F)F)c2)c1.Cl. The fourth-order valence-corrected chi connectivity index (χ4v) is 3.40. The first-order valence-electron chi connectivity index (χ1n) is 9.98. The minimum Gasteiger partial charge on any atom is -0.497 e. The summed E-state index contributed by atoms with van der Waals surface area (Å²) >= 11 is 0. The van der Waals surface area contributed by atoms with Crippen molar-refractivity contribution in [2.45, 2.75) is 25.2 Å². The van der Waals surface area contributed by atoms with E-state index < -0.39 is 17.8 Å². The molecule has 32 heavy (non-hydrogen) atoms. The van der Waals surface area contributed by atoms with Crippen LogP contribution in [0.15, 0.2) is 48.5 Å². The van der Waals surface area contributed by atoms with Gasteiger partial charge in [-0.05, 0) is 42.8 Å². The van der Waals surface area contributed by atoms with Crippen molar-refractivity contribution >= 4 is 24.1 Å². The number of nitrogens with zero attached hydrogens (tertiary/aromatic N) is 1. The molecule has 0 bridgehead atoms. The maximum Gasteiger partial charge on any atom is 0.416 e. The van der Waals surface area contributed by atoms with Crippen molar-refractivity contribution in [2.75, 3.05) is 38.7 Å². The normalized spacial score (nSPS) is 17.3. The molecule has 1 aliphatic rings. The second kappa shape index (κ2) is 11.4. The highest BCUT2D eigenvalue weighted by Crippen LogP contribution is 2.30. The van der Waals surface area contributed by atoms with Gasteiger partial charge in [0.15, 0.2) is 0 Å². The van der Waals surface area contributed by atoms with Gasteiger partial charge in [0.1, 0.15) is 5.75 Å². The van der Waals surface area contributed by atoms with Gasteiger partial charge < -0.3 is 25.0 Å². The molecule has 0 aromatic heterocycles. The number of methoxy groups -OCH3 is 1. The lowest BCUT2D eigenvalue weighted by molar-refractivity contribution is -0.137. The summed E-state index contributed by atoms with van der Waals surface area (Å²) in [5, 5.41) is 5.97. The molecule has 1 saturated heterocycles. The Morgan fingerprint density at radius 1 is 1.25 bits per heavy atom. The van der Waals surface area contributed by atoms with E-state index in [-0.39, 0.29) is 30.2 Å². The smallest absolute Gasteiger partial charge is 0.416 e. The van der Waals surface area contributed by atoms with Crippen LogP contribution >= 0.6 is 12.4 Å². The number of anilines is 1. The van der Waals surface area contributed by atoms with Crippen molar-refractivity contribution in [1.82, 2.24) is 10.2 Å². The number of carbonyl (C=O) groups is 1. The van der Waals surface area contributed by atoms with E-state index in [1.807, 2.05) is 31.2 Å². The standard InChI is InChI=1S/C22H26F3N3O3.ClH/c1-15(16-5-3-8-20(11-16)30-2)26-13-19-14-31-10-9-28(19)21(29)27-18-7-4-6-17(12-18)22(23,24)25;/h3-8,11-12,15,19,26H,9-10,13-14H2,1-2H3,(H,27,29);1H/t15-,19?;/m1./s1. The van der Waals surface area contributed by atoms with Crippen LogP contribution in [0.1, 0.15) is 24.1 Å². The third kappa shape index (κ3) is 6.75. The van der Waals surface area contributed by atoms with E-state index in [1.165, 1.54) is 12.1 Å². The van der Waals surface area contributed by atoms with Crippen LogP contribution in [0.2, 0.25) is 0 Å². The molecule has 176 valence electrons. The van der Waals surface area contributed by atoms with Gasteiger partial charge >= 0.3 is 12.2 Å². The van der Waals surface area contributed by atoms with Crippen molar-refractivity contribution in [1.29, 1.82) is 0 Å². The summed E-state index contributed by atoms with van der Waals surface area (Å²) in [6.45, 7) is 3.54. The number of nitrogens with one attached hydrogen (secondary N) is 2. The number of morpholine rings is 1. The number of hydrogen-bond donors (Lipinski definition) is 2. The number of hydrogen-bond acceptors (Lipinski definition) is 4. The van der Waals surface area contributed by atoms with Crippen molar-refractivity contribution in [3.8, 4) is 5.75 Å². The Balaban J connectivity index is 0.00000363. The van der Waals surface area contributed by atoms with Crippen LogP contribution in [-0.4, -0.2) is 50.4 Å². The molecule has 2 atom stereocenters. The monoisotopic (exact) mass is 473 g/mol. The van der Waals surface area contributed by atoms with Gasteiger partial charge in [-0.3, -0.25) is 0 Å². The first kappa shape index (κ1) is 25.8. The lowest BCUT2D eigenvalue weighted by Gasteiger charge is -2.36. The second-order valence-corrected chi connectivity index (χ2v) is 7.34. The summed E-state index contributed by atoms with van der Waals surface area (Å²) in [5.41, 5.74) is 0.330. The van der Waals surface area contributed by atoms with Crippen molar-refractivity contribution in [2.24, 2.45) is 0 Å². The van der Waals surface area contributed by atoms with E-state index in [4.69, 9.17) is 9.47 Å². The zero-order chi connectivity index (χ0) is 22.4. The zero-order valence-electron chi connectivity index (χ0n) is 17.8. The molecular formula is C22H27ClF3N3O3. The van der Waals surface area contributed by atoms with Crippen LogP contribution in [0.25, 0.3) is 0 Å². The number of ether oxygens (including phenoxy) is 2. The predicted molar refractivity (Wildman–Crippen MR) is 118 cm³/mol. The largest absolute Gasteiger partial charge is 0.497 e. The summed E-state index contributed by atoms with van der Waals surface area (Å²) in [6.07, 6.45) is -4.47. The second-order valence-electron chi connectivity index (χ2n) is 7.34. The Kier molecular flexibility index (Phi) is 9.18. The first-order chi connectivity index (χ1) is 14.8. The molecule has 0 spiro atoms. The molecule has 1 fully saturated rings. The maximum atomic E-state index is 12.9. The number of halogens is 4. The maximum absolute atomic E-state index is 12.9. The van der Waals surface area contributed by atoms with Gasteiger partial charge in [-0.2, -0.15) is 13.2 Å². The highest BCUT2D eigenvalue weighted by Gasteiger charge is 2.31. The lowest BCUT2D eigenvalue weighted by atomic mass is 10.1. The Morgan fingerprint density at radius 2 is 2.00 bits per heavy atom. The summed E-state index contributed by atoms with van der Waals surface area (Å²) < 4.78 is 49.6. The van der Waals surface area contributed by atoms with Gasteiger partial charge in [-0.1, -0.05) is 18.2 Å². The van der Waals surface area contributed by atoms with Gasteiger partial charge in [0, 0.05) is 24.8 Å². The molecule has 2 N–H and O–H groups in total. The first-order valence-corrected chi connectivity index (χ1v) is 9.98. The summed E-state index contributed by atoms with van der Waals surface area (Å²) in [7, 11) is 1.61. The minimum atomic E-state index is -4.47. The van der Waals surface area contributed by atoms with Crippen molar-refractivity contribution in [3.63, 3.8) is 0 Å². The summed E-state index contributed by atoms with van der Waals surface area (Å²) in [6, 6.07) is 11.6. The Hall–Kier alpha value is -2.49. The van der Waals surface area contributed by atoms with E-state index >= 15 is 0 Å². The van der Waals surface area contributed by atoms with E-state index in [0.717, 1.165) is 23.4 Å². The summed E-state index contributed by atoms with van der Waals surface area (Å²) in [4.78, 5) is 14.4. The molecular weight excluding hydrogens is 447 g/mol. The molecule has 2 aromatic carbocycles. The Morgan fingerprint density at radius 3 is 2.72 bits per heavy atom. The van der Waals surface area contributed by atoms with Gasteiger partial charge in [-0.25, -0.2) is 4.79 Å². The fraction of sp³-hybridized carbons (Fsp3) is 0.409. The zero-order valence-corrected chi connectivity index (χ0v) is 18.6. The van der Waals surface area contributed by atoms with E-state index in [0.29, 0.717) is 26.3 Å². The minimum absolute atomic E-state index is 0. The molecule has 6 nitrogen and oxygen atoms in total. The lowest BCUT2D eigenvalue weighted by Crippen LogP contribution is -2.54. The average Bonchev–Trinajstić information content (AvgIpc) is 2.77. The molecule has 3 rings (SSSR count). The number of rotatable bonds is 6. The molecule has 1 unspecified atom stereocenters. The quantitative estimate of drug-likeness (QED) is 0.637. The van der Waals surface area contributed by atoms with E-state index in [9.17, 15) is 18.0 Å². The Labute approximate surface area is 191 Å². The molecule has 2 aromatic rings. The fourth-order valence-electron chi connectivity index (χ4n) is 3.40. The van der Waals surface area contributed by atoms with Crippen molar-refractivity contribution < 1.29 is 27.4 Å². The molecule has 0 radical (unpaired) electrons. The molecule has 1 aliphatic heterocycles. The highest BCUT2D eigenvalue weighted by molar-refractivity contribution is 5.89. The third-order valence-electron chi connectivity index (χ3n) is 5.18. The van der Waals surface area contributed by atoms with Gasteiger partial charge in [-0.15, -0.1) is 12.4 Å². The van der Waals surface area contributed by atoms with E-state index in [1.54, 1.807) is 12.0 Å². The van der Waals surface area contributed by atoms with Crippen molar-refractivity contribution in [3.05, 3.63) is 59.7 Å². The predicted octanol–water partition coefficient (Wildman–Crippen LogP) is 4.72. The van der Waals surface area contributed by atoms with Crippen LogP contribution in [0.5, 0.6) is 5.75 Å². The van der Waals surface area contributed by atoms with Gasteiger partial charge in [0.2, 0.25) is 0 Å². The van der Waals surface area contributed by atoms with Crippen LogP contribution in [-0.2, 0) is 10.9 Å². The molecule has 1 heterocycles. The summed E-state index contributed by atoms with van der Waals surface area (Å²) in [5.74, 6) is 0.759. The number of alkyl halides is 3. The number of carbonyl (C=O) groups excluding carboxylic acids is 1. The van der Waals surface area contributed by atoms with Crippen LogP contribution < -0.4 is 15.4 Å². The molecule has 0 aliphatic carbocycles. The third-order valence-corrected chi connectivity index (χ3v) is 5.18. The number of benzene rings is 2. The van der Waals surface area contributed by atoms with E-state index in [2.05, 4.69) is 10.6 Å². The van der Waals surface area contributed by atoms with Crippen LogP contribution in [0.4, 0.5) is 23.7 Å². The van der Waals surface area contributed by atoms with Gasteiger partial charge in [0.05, 0.1) is 31.9 Å². The van der Waals surface area contributed by atoms with Gasteiger partial charge in [0.25, 0.3) is 0 Å². The molecule has 0 saturated carbocycles. The number of urea groups is 1. The number of amides is 2.